The summed E-state index contributed by atoms with van der Waals surface area (Å²) in [5.74, 6) is -0.202. The molecule has 0 fully saturated rings. The van der Waals surface area contributed by atoms with Crippen molar-refractivity contribution in [3.8, 4) is 0 Å². The maximum Gasteiger partial charge on any atom is 0.253 e. The van der Waals surface area contributed by atoms with Gasteiger partial charge >= 0.3 is 0 Å². The second-order valence-corrected chi connectivity index (χ2v) is 5.93. The summed E-state index contributed by atoms with van der Waals surface area (Å²) in [7, 11) is 3.41. The zero-order valence-corrected chi connectivity index (χ0v) is 14.5. The number of carbonyl (C=O) groups is 2. The highest BCUT2D eigenvalue weighted by Gasteiger charge is 2.08. The molecule has 0 bridgehead atoms. The summed E-state index contributed by atoms with van der Waals surface area (Å²) in [4.78, 5) is 25.4. The van der Waals surface area contributed by atoms with E-state index in [0.29, 0.717) is 11.3 Å². The van der Waals surface area contributed by atoms with Gasteiger partial charge in [0, 0.05) is 31.0 Å². The quantitative estimate of drug-likeness (QED) is 0.888. The Bertz CT molecular complexity index is 737. The van der Waals surface area contributed by atoms with Crippen LogP contribution in [0.25, 0.3) is 0 Å². The molecule has 5 heteroatoms. The highest BCUT2D eigenvalue weighted by molar-refractivity contribution is 5.96. The second-order valence-electron chi connectivity index (χ2n) is 5.93. The number of anilines is 2. The number of benzene rings is 2. The van der Waals surface area contributed by atoms with Crippen LogP contribution in [-0.4, -0.2) is 37.4 Å². The van der Waals surface area contributed by atoms with Gasteiger partial charge in [-0.25, -0.2) is 0 Å². The molecule has 2 amide bonds. The number of aryl methyl sites for hydroxylation is 1. The number of nitrogens with one attached hydrogen (secondary N) is 2. The monoisotopic (exact) mass is 325 g/mol. The Morgan fingerprint density at radius 3 is 2.29 bits per heavy atom. The van der Waals surface area contributed by atoms with Crippen molar-refractivity contribution in [3.63, 3.8) is 0 Å². The van der Waals surface area contributed by atoms with E-state index in [0.717, 1.165) is 11.3 Å². The van der Waals surface area contributed by atoms with Crippen molar-refractivity contribution in [2.75, 3.05) is 31.3 Å². The van der Waals surface area contributed by atoms with Gasteiger partial charge in [0.1, 0.15) is 0 Å². The maximum atomic E-state index is 12.1. The molecule has 0 radical (unpaired) electrons. The van der Waals surface area contributed by atoms with E-state index < -0.39 is 0 Å². The van der Waals surface area contributed by atoms with Crippen LogP contribution in [-0.2, 0) is 4.79 Å². The number of carbonyl (C=O) groups excluding carboxylic acids is 2. The van der Waals surface area contributed by atoms with Crippen molar-refractivity contribution in [2.45, 2.75) is 13.8 Å². The van der Waals surface area contributed by atoms with Crippen LogP contribution >= 0.6 is 0 Å². The average Bonchev–Trinajstić information content (AvgIpc) is 2.56. The van der Waals surface area contributed by atoms with E-state index in [9.17, 15) is 9.59 Å². The fraction of sp³-hybridized carbons (Fsp3) is 0.263. The molecular formula is C19H23N3O2. The van der Waals surface area contributed by atoms with Gasteiger partial charge in [-0.3, -0.25) is 9.59 Å². The summed E-state index contributed by atoms with van der Waals surface area (Å²) in [6.45, 7) is 4.25. The topological polar surface area (TPSA) is 61.4 Å². The summed E-state index contributed by atoms with van der Waals surface area (Å²) in [6, 6.07) is 12.8. The number of rotatable bonds is 5. The summed E-state index contributed by atoms with van der Waals surface area (Å²) in [5.41, 5.74) is 4.53. The lowest BCUT2D eigenvalue weighted by Gasteiger charge is -2.12. The number of nitrogens with zero attached hydrogens (tertiary/aromatic N) is 1. The lowest BCUT2D eigenvalue weighted by atomic mass is 10.1. The molecule has 0 aromatic heterocycles. The van der Waals surface area contributed by atoms with Gasteiger partial charge in [0.2, 0.25) is 5.91 Å². The molecule has 0 aliphatic carbocycles. The molecule has 2 aromatic rings. The van der Waals surface area contributed by atoms with Crippen LogP contribution in [0.4, 0.5) is 11.4 Å². The fourth-order valence-corrected chi connectivity index (χ4v) is 2.28. The van der Waals surface area contributed by atoms with E-state index in [1.54, 1.807) is 38.4 Å². The standard InChI is InChI=1S/C19H23N3O2/c1-13-6-5-7-17(14(13)2)20-12-18(23)21-16-10-8-15(9-11-16)19(24)22(3)4/h5-11,20H,12H2,1-4H3,(H,21,23). The van der Waals surface area contributed by atoms with Gasteiger partial charge in [-0.15, -0.1) is 0 Å². The third-order valence-corrected chi connectivity index (χ3v) is 3.87. The van der Waals surface area contributed by atoms with Crippen LogP contribution in [0, 0.1) is 13.8 Å². The lowest BCUT2D eigenvalue weighted by Crippen LogP contribution is -2.23. The van der Waals surface area contributed by atoms with E-state index >= 15 is 0 Å². The molecule has 2 N–H and O–H groups in total. The number of hydrogen-bond donors (Lipinski definition) is 2. The Labute approximate surface area is 142 Å². The Morgan fingerprint density at radius 2 is 1.67 bits per heavy atom. The first kappa shape index (κ1) is 17.5. The molecule has 0 saturated heterocycles. The molecule has 0 aliphatic rings. The molecule has 5 nitrogen and oxygen atoms in total. The van der Waals surface area contributed by atoms with Gasteiger partial charge in [0.25, 0.3) is 5.91 Å². The molecule has 0 saturated carbocycles. The summed E-state index contributed by atoms with van der Waals surface area (Å²) >= 11 is 0. The molecule has 0 spiro atoms. The number of amides is 2. The minimum Gasteiger partial charge on any atom is -0.376 e. The summed E-state index contributed by atoms with van der Waals surface area (Å²) in [6.07, 6.45) is 0. The van der Waals surface area contributed by atoms with Crippen molar-refractivity contribution in [3.05, 3.63) is 59.2 Å². The molecular weight excluding hydrogens is 302 g/mol. The Hall–Kier alpha value is -2.82. The molecule has 0 heterocycles. The fourth-order valence-electron chi connectivity index (χ4n) is 2.28. The van der Waals surface area contributed by atoms with E-state index in [1.165, 1.54) is 10.5 Å². The van der Waals surface area contributed by atoms with Crippen molar-refractivity contribution in [2.24, 2.45) is 0 Å². The average molecular weight is 325 g/mol. The van der Waals surface area contributed by atoms with E-state index in [1.807, 2.05) is 32.0 Å². The SMILES string of the molecule is Cc1cccc(NCC(=O)Nc2ccc(C(=O)N(C)C)cc2)c1C. The van der Waals surface area contributed by atoms with Gasteiger partial charge in [0.05, 0.1) is 6.54 Å². The minimum absolute atomic E-state index is 0.0653. The first-order chi connectivity index (χ1) is 11.4. The smallest absolute Gasteiger partial charge is 0.253 e. The highest BCUT2D eigenvalue weighted by Crippen LogP contribution is 2.17. The van der Waals surface area contributed by atoms with Crippen LogP contribution in [0.5, 0.6) is 0 Å². The van der Waals surface area contributed by atoms with Crippen molar-refractivity contribution >= 4 is 23.2 Å². The highest BCUT2D eigenvalue weighted by atomic mass is 16.2. The minimum atomic E-state index is -0.136. The third-order valence-electron chi connectivity index (χ3n) is 3.87. The largest absolute Gasteiger partial charge is 0.376 e. The molecule has 0 atom stereocenters. The zero-order valence-electron chi connectivity index (χ0n) is 14.5. The van der Waals surface area contributed by atoms with Gasteiger partial charge in [-0.1, -0.05) is 12.1 Å². The Morgan fingerprint density at radius 1 is 1.00 bits per heavy atom. The summed E-state index contributed by atoms with van der Waals surface area (Å²) in [5, 5.41) is 5.96. The normalized spacial score (nSPS) is 10.2. The molecule has 24 heavy (non-hydrogen) atoms. The Balaban J connectivity index is 1.93. The summed E-state index contributed by atoms with van der Waals surface area (Å²) < 4.78 is 0. The second kappa shape index (κ2) is 7.64. The van der Waals surface area contributed by atoms with E-state index in [-0.39, 0.29) is 18.4 Å². The van der Waals surface area contributed by atoms with Crippen molar-refractivity contribution in [1.29, 1.82) is 0 Å². The van der Waals surface area contributed by atoms with E-state index in [4.69, 9.17) is 0 Å². The first-order valence-corrected chi connectivity index (χ1v) is 7.80. The molecule has 0 aliphatic heterocycles. The molecule has 2 rings (SSSR count). The van der Waals surface area contributed by atoms with Crippen LogP contribution in [0.1, 0.15) is 21.5 Å². The maximum absolute atomic E-state index is 12.1. The van der Waals surface area contributed by atoms with Crippen molar-refractivity contribution in [1.82, 2.24) is 4.90 Å². The molecule has 0 unspecified atom stereocenters. The number of hydrogen-bond acceptors (Lipinski definition) is 3. The first-order valence-electron chi connectivity index (χ1n) is 7.80. The van der Waals surface area contributed by atoms with Gasteiger partial charge < -0.3 is 15.5 Å². The van der Waals surface area contributed by atoms with Crippen LogP contribution in [0.15, 0.2) is 42.5 Å². The third kappa shape index (κ3) is 4.35. The van der Waals surface area contributed by atoms with E-state index in [2.05, 4.69) is 10.6 Å². The van der Waals surface area contributed by atoms with Gasteiger partial charge in [-0.2, -0.15) is 0 Å². The lowest BCUT2D eigenvalue weighted by molar-refractivity contribution is -0.114. The van der Waals surface area contributed by atoms with Crippen LogP contribution in [0.2, 0.25) is 0 Å². The predicted octanol–water partition coefficient (Wildman–Crippen LogP) is 3.06. The zero-order chi connectivity index (χ0) is 17.7. The van der Waals surface area contributed by atoms with Crippen LogP contribution in [0.3, 0.4) is 0 Å². The van der Waals surface area contributed by atoms with Crippen LogP contribution < -0.4 is 10.6 Å². The van der Waals surface area contributed by atoms with Gasteiger partial charge in [-0.05, 0) is 55.3 Å². The Kier molecular flexibility index (Phi) is 5.58. The van der Waals surface area contributed by atoms with Gasteiger partial charge in [0.15, 0.2) is 0 Å². The molecule has 126 valence electrons. The predicted molar refractivity (Wildman–Crippen MR) is 97.5 cm³/mol. The molecule has 2 aromatic carbocycles. The van der Waals surface area contributed by atoms with Crippen molar-refractivity contribution < 1.29 is 9.59 Å².